The van der Waals surface area contributed by atoms with Crippen LogP contribution in [0.2, 0.25) is 0 Å². The Morgan fingerprint density at radius 2 is 2.03 bits per heavy atom. The number of rotatable bonds is 5. The third kappa shape index (κ3) is 3.17. The molecule has 1 N–H and O–H groups in total. The maximum atomic E-state index is 13.2. The Bertz CT molecular complexity index is 864. The average molecular weight is 451 g/mol. The Kier molecular flexibility index (Phi) is 5.72. The van der Waals surface area contributed by atoms with Crippen molar-refractivity contribution < 1.29 is 28.5 Å². The van der Waals surface area contributed by atoms with E-state index >= 15 is 0 Å². The average Bonchev–Trinajstić information content (AvgIpc) is 3.01. The van der Waals surface area contributed by atoms with E-state index in [1.54, 1.807) is 19.1 Å². The van der Waals surface area contributed by atoms with E-state index in [0.29, 0.717) is 12.8 Å². The number of esters is 1. The summed E-state index contributed by atoms with van der Waals surface area (Å²) < 4.78 is 10.5. The zero-order chi connectivity index (χ0) is 22.6. The van der Waals surface area contributed by atoms with Gasteiger partial charge in [-0.1, -0.05) is 32.4 Å². The molecule has 5 unspecified atom stereocenters. The van der Waals surface area contributed by atoms with Gasteiger partial charge in [0.15, 0.2) is 11.4 Å². The highest BCUT2D eigenvalue weighted by molar-refractivity contribution is 6.08. The third-order valence-electron chi connectivity index (χ3n) is 8.83. The summed E-state index contributed by atoms with van der Waals surface area (Å²) in [5, 5.41) is 11.5. The lowest BCUT2D eigenvalue weighted by Crippen LogP contribution is -2.63. The lowest BCUT2D eigenvalue weighted by molar-refractivity contribution is -0.199. The number of fused-ring (bicyclic) bond motifs is 5. The Labute approximate surface area is 188 Å². The zero-order valence-electron chi connectivity index (χ0n) is 18.4. The van der Waals surface area contributed by atoms with E-state index in [1.807, 2.05) is 13.0 Å². The second kappa shape index (κ2) is 7.82. The molecule has 0 heterocycles. The molecule has 0 aromatic carbocycles. The van der Waals surface area contributed by atoms with Crippen LogP contribution < -0.4 is 0 Å². The minimum atomic E-state index is -1.35. The molecule has 0 radical (unpaired) electrons. The number of ether oxygens (including phenoxy) is 1. The molecule has 31 heavy (non-hydrogen) atoms. The molecule has 0 aliphatic heterocycles. The predicted molar refractivity (Wildman–Crippen MR) is 114 cm³/mol. The van der Waals surface area contributed by atoms with Gasteiger partial charge in [-0.05, 0) is 56.1 Å². The lowest BCUT2D eigenvalue weighted by atomic mass is 9.46. The Morgan fingerprint density at radius 1 is 1.29 bits per heavy atom. The van der Waals surface area contributed by atoms with Crippen LogP contribution in [0.15, 0.2) is 23.8 Å². The molecular weight excluding hydrogens is 420 g/mol. The van der Waals surface area contributed by atoms with E-state index in [1.165, 1.54) is 0 Å². The van der Waals surface area contributed by atoms with Gasteiger partial charge in [-0.25, -0.2) is 0 Å². The van der Waals surface area contributed by atoms with Crippen molar-refractivity contribution in [1.82, 2.24) is 0 Å². The summed E-state index contributed by atoms with van der Waals surface area (Å²) in [6.07, 6.45) is 7.85. The molecule has 4 rings (SSSR count). The first-order chi connectivity index (χ1) is 14.6. The highest BCUT2D eigenvalue weighted by atomic mass is 35.5. The first-order valence-electron chi connectivity index (χ1n) is 11.2. The molecule has 4 aliphatic rings. The quantitative estimate of drug-likeness (QED) is 0.642. The summed E-state index contributed by atoms with van der Waals surface area (Å²) in [4.78, 5) is 37.6. The highest BCUT2D eigenvalue weighted by Crippen LogP contribution is 2.67. The zero-order valence-corrected chi connectivity index (χ0v) is 19.1. The van der Waals surface area contributed by atoms with Gasteiger partial charge in [-0.3, -0.25) is 18.7 Å². The fraction of sp³-hybridized carbons (Fsp3) is 0.708. The van der Waals surface area contributed by atoms with E-state index < -0.39 is 23.1 Å². The fourth-order valence-electron chi connectivity index (χ4n) is 7.43. The molecule has 0 amide bonds. The number of allylic oxidation sites excluding steroid dienone is 4. The largest absolute Gasteiger partial charge is 0.450 e. The van der Waals surface area contributed by atoms with E-state index in [-0.39, 0.29) is 47.8 Å². The van der Waals surface area contributed by atoms with Crippen molar-refractivity contribution in [2.45, 2.75) is 71.0 Å². The first kappa shape index (κ1) is 22.7. The number of carbonyl (C=O) groups excluding carboxylic acids is 3. The molecule has 170 valence electrons. The number of ketones is 2. The molecule has 0 spiro atoms. The third-order valence-corrected chi connectivity index (χ3v) is 8.94. The monoisotopic (exact) mass is 450 g/mol. The number of hydrogen-bond donors (Lipinski definition) is 1. The fourth-order valence-corrected chi connectivity index (χ4v) is 7.53. The van der Waals surface area contributed by atoms with Gasteiger partial charge in [0, 0.05) is 23.2 Å². The van der Waals surface area contributed by atoms with Crippen LogP contribution >= 0.6 is 11.9 Å². The van der Waals surface area contributed by atoms with Gasteiger partial charge < -0.3 is 9.84 Å². The Morgan fingerprint density at radius 3 is 2.71 bits per heavy atom. The van der Waals surface area contributed by atoms with Gasteiger partial charge in [-0.2, -0.15) is 0 Å². The number of halogens is 1. The van der Waals surface area contributed by atoms with E-state index in [0.717, 1.165) is 24.8 Å². The van der Waals surface area contributed by atoms with Crippen LogP contribution in [-0.4, -0.2) is 41.0 Å². The summed E-state index contributed by atoms with van der Waals surface area (Å²) in [5.74, 6) is -0.567. The number of hydrogen-bond acceptors (Lipinski definition) is 6. The van der Waals surface area contributed by atoms with Gasteiger partial charge in [0.05, 0.1) is 18.0 Å². The van der Waals surface area contributed by atoms with E-state index in [2.05, 4.69) is 11.2 Å². The summed E-state index contributed by atoms with van der Waals surface area (Å²) in [6.45, 7) is 5.44. The molecule has 7 heteroatoms. The maximum absolute atomic E-state index is 13.2. The normalized spacial score (nSPS) is 43.5. The summed E-state index contributed by atoms with van der Waals surface area (Å²) >= 11 is 5.42. The van der Waals surface area contributed by atoms with Crippen molar-refractivity contribution in [2.24, 2.45) is 28.6 Å². The van der Waals surface area contributed by atoms with Gasteiger partial charge in [0.1, 0.15) is 6.61 Å². The minimum absolute atomic E-state index is 0.000838. The lowest BCUT2D eigenvalue weighted by Gasteiger charge is -2.59. The summed E-state index contributed by atoms with van der Waals surface area (Å²) in [7, 11) is 0. The van der Waals surface area contributed by atoms with Crippen molar-refractivity contribution in [3.63, 3.8) is 0 Å². The highest BCUT2D eigenvalue weighted by Gasteiger charge is 2.70. The first-order valence-corrected chi connectivity index (χ1v) is 11.5. The van der Waals surface area contributed by atoms with Crippen LogP contribution in [0.4, 0.5) is 0 Å². The number of Topliss-reactive ketones (excluding diaryl/α,β-unsaturated/α-hetero) is 1. The van der Waals surface area contributed by atoms with Crippen molar-refractivity contribution in [3.05, 3.63) is 23.8 Å². The number of aliphatic hydroxyl groups is 1. The van der Waals surface area contributed by atoms with Gasteiger partial charge >= 0.3 is 5.97 Å². The molecule has 0 saturated heterocycles. The summed E-state index contributed by atoms with van der Waals surface area (Å²) in [6, 6.07) is 0. The standard InChI is InChI=1S/C24H31ClO6/c1-4-20(29)31-24(19(28)13-30-25)10-8-17-16-6-5-14-11-15(26)7-9-22(14,2)21(16)18(27)12-23(17,24)3/h7,9,11,16-18,21,27H,4-6,8,10,12-13H2,1-3H3/t16?,17?,18-,21?,22?,23?,24-/m0/s1. The SMILES string of the molecule is CCC(=O)O[C@]1(C(=O)COCl)CCC2C3CCC4=CC(=O)C=CC4(C)C3[C@@H](O)CC21C. The summed E-state index contributed by atoms with van der Waals surface area (Å²) in [5.41, 5.74) is -1.36. The molecular formula is C24H31ClO6. The van der Waals surface area contributed by atoms with E-state index in [4.69, 9.17) is 16.6 Å². The van der Waals surface area contributed by atoms with E-state index in [9.17, 15) is 19.5 Å². The smallest absolute Gasteiger partial charge is 0.306 e. The van der Waals surface area contributed by atoms with Crippen LogP contribution in [0.5, 0.6) is 0 Å². The molecule has 0 aromatic rings. The van der Waals surface area contributed by atoms with Gasteiger partial charge in [0.25, 0.3) is 0 Å². The van der Waals surface area contributed by atoms with Crippen molar-refractivity contribution in [2.75, 3.05) is 6.61 Å². The molecule has 7 atom stereocenters. The molecule has 6 nitrogen and oxygen atoms in total. The van der Waals surface area contributed by atoms with Crippen molar-refractivity contribution >= 4 is 29.4 Å². The second-order valence-electron chi connectivity index (χ2n) is 10.1. The van der Waals surface area contributed by atoms with Crippen LogP contribution in [0, 0.1) is 28.6 Å². The molecule has 4 aliphatic carbocycles. The number of aliphatic hydroxyl groups excluding tert-OH is 1. The van der Waals surface area contributed by atoms with Crippen LogP contribution in [0.3, 0.4) is 0 Å². The van der Waals surface area contributed by atoms with Crippen LogP contribution in [0.1, 0.15) is 59.3 Å². The van der Waals surface area contributed by atoms with Gasteiger partial charge in [-0.15, -0.1) is 0 Å². The molecule has 3 saturated carbocycles. The van der Waals surface area contributed by atoms with Crippen LogP contribution in [-0.2, 0) is 23.4 Å². The Hall–Kier alpha value is -1.50. The molecule has 3 fully saturated rings. The Balaban J connectivity index is 1.75. The predicted octanol–water partition coefficient (Wildman–Crippen LogP) is 3.70. The van der Waals surface area contributed by atoms with Crippen molar-refractivity contribution in [3.8, 4) is 0 Å². The topological polar surface area (TPSA) is 89.9 Å². The second-order valence-corrected chi connectivity index (χ2v) is 10.3. The van der Waals surface area contributed by atoms with Crippen LogP contribution in [0.25, 0.3) is 0 Å². The molecule has 0 aromatic heterocycles. The van der Waals surface area contributed by atoms with Crippen molar-refractivity contribution in [1.29, 1.82) is 0 Å². The molecule has 0 bridgehead atoms. The maximum Gasteiger partial charge on any atom is 0.306 e. The number of carbonyl (C=O) groups is 3. The minimum Gasteiger partial charge on any atom is -0.450 e. The van der Waals surface area contributed by atoms with Gasteiger partial charge in [0.2, 0.25) is 5.78 Å².